The number of hydrogen-bond donors (Lipinski definition) is 1. The van der Waals surface area contributed by atoms with E-state index in [0.29, 0.717) is 11.3 Å². The van der Waals surface area contributed by atoms with Crippen LogP contribution in [0.25, 0.3) is 0 Å². The van der Waals surface area contributed by atoms with Gasteiger partial charge in [0, 0.05) is 17.1 Å². The van der Waals surface area contributed by atoms with Crippen molar-refractivity contribution in [3.05, 3.63) is 64.1 Å². The van der Waals surface area contributed by atoms with Gasteiger partial charge in [0.1, 0.15) is 0 Å². The molecule has 2 rings (SSSR count). The number of carbonyl (C=O) groups excluding carboxylic acids is 1. The van der Waals surface area contributed by atoms with Crippen molar-refractivity contribution < 1.29 is 14.7 Å². The van der Waals surface area contributed by atoms with E-state index in [1.807, 2.05) is 0 Å². The monoisotopic (exact) mass is 333 g/mol. The van der Waals surface area contributed by atoms with Gasteiger partial charge in [0.25, 0.3) is 5.91 Å². The number of para-hydroxylation sites is 1. The SMILES string of the molecule is CN(C(=O)c1ccc(Br)cc1)c1ccccc1C(=O)O. The van der Waals surface area contributed by atoms with Crippen LogP contribution in [-0.4, -0.2) is 24.0 Å². The molecule has 2 aromatic rings. The first kappa shape index (κ1) is 14.3. The molecule has 0 aromatic heterocycles. The zero-order valence-electron chi connectivity index (χ0n) is 10.7. The summed E-state index contributed by atoms with van der Waals surface area (Å²) in [6.45, 7) is 0. The van der Waals surface area contributed by atoms with Crippen LogP contribution in [0.1, 0.15) is 20.7 Å². The predicted octanol–water partition coefficient (Wildman–Crippen LogP) is 3.42. The standard InChI is InChI=1S/C15H12BrNO3/c1-17(13-5-3-2-4-12(13)15(19)20)14(18)10-6-8-11(16)9-7-10/h2-9H,1H3,(H,19,20). The summed E-state index contributed by atoms with van der Waals surface area (Å²) in [4.78, 5) is 24.9. The lowest BCUT2D eigenvalue weighted by Crippen LogP contribution is -2.27. The third-order valence-corrected chi connectivity index (χ3v) is 3.42. The lowest BCUT2D eigenvalue weighted by molar-refractivity contribution is 0.0697. The van der Waals surface area contributed by atoms with Crippen LogP contribution in [0.4, 0.5) is 5.69 Å². The third-order valence-electron chi connectivity index (χ3n) is 2.89. The van der Waals surface area contributed by atoms with Crippen LogP contribution < -0.4 is 4.90 Å². The molecule has 0 spiro atoms. The molecule has 1 amide bonds. The predicted molar refractivity (Wildman–Crippen MR) is 80.3 cm³/mol. The molecule has 2 aromatic carbocycles. The van der Waals surface area contributed by atoms with Crippen molar-refractivity contribution in [3.8, 4) is 0 Å². The third kappa shape index (κ3) is 2.88. The van der Waals surface area contributed by atoms with Gasteiger partial charge in [-0.3, -0.25) is 4.79 Å². The van der Waals surface area contributed by atoms with Crippen LogP contribution in [0.3, 0.4) is 0 Å². The average Bonchev–Trinajstić information content (AvgIpc) is 2.46. The molecule has 0 aliphatic rings. The summed E-state index contributed by atoms with van der Waals surface area (Å²) in [6, 6.07) is 13.3. The molecule has 0 aliphatic heterocycles. The second-order valence-corrected chi connectivity index (χ2v) is 5.11. The van der Waals surface area contributed by atoms with Crippen LogP contribution in [-0.2, 0) is 0 Å². The summed E-state index contributed by atoms with van der Waals surface area (Å²) in [5.74, 6) is -1.32. The molecule has 0 saturated carbocycles. The summed E-state index contributed by atoms with van der Waals surface area (Å²) >= 11 is 3.30. The lowest BCUT2D eigenvalue weighted by atomic mass is 10.1. The number of aromatic carboxylic acids is 1. The number of halogens is 1. The van der Waals surface area contributed by atoms with Crippen molar-refractivity contribution in [2.75, 3.05) is 11.9 Å². The maximum Gasteiger partial charge on any atom is 0.337 e. The van der Waals surface area contributed by atoms with Crippen LogP contribution in [0.15, 0.2) is 53.0 Å². The number of carboxylic acids is 1. The maximum absolute atomic E-state index is 12.3. The number of rotatable bonds is 3. The van der Waals surface area contributed by atoms with Gasteiger partial charge in [-0.05, 0) is 36.4 Å². The summed E-state index contributed by atoms with van der Waals surface area (Å²) < 4.78 is 0.877. The highest BCUT2D eigenvalue weighted by Crippen LogP contribution is 2.21. The molecule has 0 aliphatic carbocycles. The van der Waals surface area contributed by atoms with Gasteiger partial charge in [0.2, 0.25) is 0 Å². The van der Waals surface area contributed by atoms with Gasteiger partial charge in [-0.25, -0.2) is 4.79 Å². The van der Waals surface area contributed by atoms with Gasteiger partial charge >= 0.3 is 5.97 Å². The van der Waals surface area contributed by atoms with Crippen LogP contribution in [0.5, 0.6) is 0 Å². The lowest BCUT2D eigenvalue weighted by Gasteiger charge is -2.19. The first-order valence-corrected chi connectivity index (χ1v) is 6.66. The molecule has 0 atom stereocenters. The zero-order chi connectivity index (χ0) is 14.7. The van der Waals surface area contributed by atoms with E-state index in [1.54, 1.807) is 49.5 Å². The fourth-order valence-corrected chi connectivity index (χ4v) is 2.11. The Balaban J connectivity index is 2.36. The average molecular weight is 334 g/mol. The van der Waals surface area contributed by atoms with Crippen LogP contribution in [0.2, 0.25) is 0 Å². The molecule has 4 nitrogen and oxygen atoms in total. The van der Waals surface area contributed by atoms with E-state index in [2.05, 4.69) is 15.9 Å². The van der Waals surface area contributed by atoms with Crippen molar-refractivity contribution in [2.24, 2.45) is 0 Å². The molecule has 5 heteroatoms. The summed E-state index contributed by atoms with van der Waals surface area (Å²) in [7, 11) is 1.56. The Hall–Kier alpha value is -2.14. The van der Waals surface area contributed by atoms with Crippen LogP contribution >= 0.6 is 15.9 Å². The number of nitrogens with zero attached hydrogens (tertiary/aromatic N) is 1. The topological polar surface area (TPSA) is 57.6 Å². The number of carboxylic acid groups (broad SMARTS) is 1. The normalized spacial score (nSPS) is 10.1. The minimum atomic E-state index is -1.06. The number of hydrogen-bond acceptors (Lipinski definition) is 2. The van der Waals surface area contributed by atoms with Gasteiger partial charge < -0.3 is 10.0 Å². The fourth-order valence-electron chi connectivity index (χ4n) is 1.84. The Bertz CT molecular complexity index is 652. The summed E-state index contributed by atoms with van der Waals surface area (Å²) in [6.07, 6.45) is 0. The first-order chi connectivity index (χ1) is 9.50. The highest BCUT2D eigenvalue weighted by Gasteiger charge is 2.18. The number of amides is 1. The van der Waals surface area contributed by atoms with Crippen molar-refractivity contribution in [1.82, 2.24) is 0 Å². The van der Waals surface area contributed by atoms with E-state index in [4.69, 9.17) is 5.11 Å². The second kappa shape index (κ2) is 5.88. The first-order valence-electron chi connectivity index (χ1n) is 5.86. The number of carbonyl (C=O) groups is 2. The van der Waals surface area contributed by atoms with E-state index < -0.39 is 5.97 Å². The van der Waals surface area contributed by atoms with Crippen molar-refractivity contribution >= 4 is 33.5 Å². The smallest absolute Gasteiger partial charge is 0.337 e. The molecular formula is C15H12BrNO3. The molecule has 0 radical (unpaired) electrons. The van der Waals surface area contributed by atoms with Gasteiger partial charge in [-0.2, -0.15) is 0 Å². The van der Waals surface area contributed by atoms with E-state index in [-0.39, 0.29) is 11.5 Å². The minimum Gasteiger partial charge on any atom is -0.478 e. The van der Waals surface area contributed by atoms with E-state index in [9.17, 15) is 9.59 Å². The largest absolute Gasteiger partial charge is 0.478 e. The second-order valence-electron chi connectivity index (χ2n) is 4.19. The Morgan fingerprint density at radius 1 is 1.05 bits per heavy atom. The quantitative estimate of drug-likeness (QED) is 0.936. The Labute approximate surface area is 124 Å². The molecule has 0 fully saturated rings. The van der Waals surface area contributed by atoms with E-state index in [0.717, 1.165) is 4.47 Å². The highest BCUT2D eigenvalue weighted by molar-refractivity contribution is 9.10. The molecule has 0 saturated heterocycles. The van der Waals surface area contributed by atoms with Crippen molar-refractivity contribution in [3.63, 3.8) is 0 Å². The van der Waals surface area contributed by atoms with Gasteiger partial charge in [0.15, 0.2) is 0 Å². The molecule has 20 heavy (non-hydrogen) atoms. The van der Waals surface area contributed by atoms with Gasteiger partial charge in [0.05, 0.1) is 11.3 Å². The maximum atomic E-state index is 12.3. The highest BCUT2D eigenvalue weighted by atomic mass is 79.9. The van der Waals surface area contributed by atoms with Gasteiger partial charge in [-0.15, -0.1) is 0 Å². The van der Waals surface area contributed by atoms with Crippen molar-refractivity contribution in [1.29, 1.82) is 0 Å². The summed E-state index contributed by atoms with van der Waals surface area (Å²) in [5, 5.41) is 9.16. The minimum absolute atomic E-state index is 0.0976. The molecule has 1 N–H and O–H groups in total. The van der Waals surface area contributed by atoms with Crippen LogP contribution in [0, 0.1) is 0 Å². The Morgan fingerprint density at radius 3 is 2.25 bits per heavy atom. The molecule has 0 heterocycles. The van der Waals surface area contributed by atoms with Gasteiger partial charge in [-0.1, -0.05) is 28.1 Å². The van der Waals surface area contributed by atoms with Crippen molar-refractivity contribution in [2.45, 2.75) is 0 Å². The molecule has 102 valence electrons. The number of anilines is 1. The van der Waals surface area contributed by atoms with E-state index in [1.165, 1.54) is 11.0 Å². The fraction of sp³-hybridized carbons (Fsp3) is 0.0667. The molecule has 0 unspecified atom stereocenters. The number of benzene rings is 2. The molecular weight excluding hydrogens is 322 g/mol. The Morgan fingerprint density at radius 2 is 1.65 bits per heavy atom. The summed E-state index contributed by atoms with van der Waals surface area (Å²) in [5.41, 5.74) is 0.962. The Kier molecular flexibility index (Phi) is 4.20. The molecule has 0 bridgehead atoms. The van der Waals surface area contributed by atoms with E-state index >= 15 is 0 Å². The zero-order valence-corrected chi connectivity index (χ0v) is 12.3.